The Kier molecular flexibility index (Phi) is 6.78. The van der Waals surface area contributed by atoms with Crippen molar-refractivity contribution in [3.8, 4) is 0 Å². The molecule has 2 rings (SSSR count). The van der Waals surface area contributed by atoms with Gasteiger partial charge in [-0.3, -0.25) is 19.8 Å². The minimum atomic E-state index is -1.15. The van der Waals surface area contributed by atoms with Crippen LogP contribution >= 0.6 is 0 Å². The van der Waals surface area contributed by atoms with Crippen LogP contribution in [0.1, 0.15) is 40.5 Å². The number of non-ortho nitro benzene ring substituents is 1. The number of benzene rings is 1. The number of hydrogen-bond donors (Lipinski definition) is 1. The van der Waals surface area contributed by atoms with Crippen molar-refractivity contribution in [2.24, 2.45) is 0 Å². The second kappa shape index (κ2) is 8.89. The maximum Gasteiger partial charge on any atom is 0.411 e. The van der Waals surface area contributed by atoms with Gasteiger partial charge < -0.3 is 14.8 Å². The van der Waals surface area contributed by atoms with Gasteiger partial charge in [-0.2, -0.15) is 0 Å². The summed E-state index contributed by atoms with van der Waals surface area (Å²) in [6.07, 6.45) is -0.724. The summed E-state index contributed by atoms with van der Waals surface area (Å²) in [5, 5.41) is 13.3. The van der Waals surface area contributed by atoms with Gasteiger partial charge in [0.1, 0.15) is 11.6 Å². The molecule has 0 unspecified atom stereocenters. The van der Waals surface area contributed by atoms with Crippen molar-refractivity contribution < 1.29 is 28.8 Å². The molecule has 0 aromatic heterocycles. The van der Waals surface area contributed by atoms with E-state index in [4.69, 9.17) is 9.47 Å². The van der Waals surface area contributed by atoms with Crippen LogP contribution in [0, 0.1) is 10.1 Å². The highest BCUT2D eigenvalue weighted by molar-refractivity contribution is 5.95. The average molecular weight is 407 g/mol. The average Bonchev–Trinajstić information content (AvgIpc) is 3.10. The first-order valence-electron chi connectivity index (χ1n) is 9.23. The Bertz CT molecular complexity index is 803. The van der Waals surface area contributed by atoms with Crippen LogP contribution in [-0.4, -0.2) is 52.1 Å². The number of amides is 2. The molecule has 1 aliphatic rings. The monoisotopic (exact) mass is 407 g/mol. The molecular weight excluding hydrogens is 382 g/mol. The molecule has 1 fully saturated rings. The third-order valence-corrected chi connectivity index (χ3v) is 4.14. The van der Waals surface area contributed by atoms with E-state index < -0.39 is 40.6 Å². The fourth-order valence-corrected chi connectivity index (χ4v) is 2.80. The number of nitro benzene ring substituents is 1. The number of nitrogens with zero attached hydrogens (tertiary/aromatic N) is 2. The fourth-order valence-electron chi connectivity index (χ4n) is 2.80. The van der Waals surface area contributed by atoms with E-state index in [1.54, 1.807) is 20.8 Å². The Balaban J connectivity index is 1.96. The topological polar surface area (TPSA) is 128 Å². The molecular formula is C19H25N3O7. The minimum absolute atomic E-state index is 0.175. The van der Waals surface area contributed by atoms with Gasteiger partial charge in [-0.1, -0.05) is 6.07 Å². The fraction of sp³-hybridized carbons (Fsp3) is 0.526. The van der Waals surface area contributed by atoms with E-state index in [0.29, 0.717) is 19.4 Å². The minimum Gasteiger partial charge on any atom is -0.451 e. The predicted molar refractivity (Wildman–Crippen MR) is 103 cm³/mol. The number of nitrogens with one attached hydrogen (secondary N) is 1. The normalized spacial score (nSPS) is 17.4. The van der Waals surface area contributed by atoms with Crippen molar-refractivity contribution in [3.05, 3.63) is 34.4 Å². The van der Waals surface area contributed by atoms with Gasteiger partial charge in [0.25, 0.3) is 11.6 Å². The molecule has 2 atom stereocenters. The van der Waals surface area contributed by atoms with E-state index in [1.165, 1.54) is 36.1 Å². The number of nitro groups is 1. The van der Waals surface area contributed by atoms with E-state index in [1.807, 2.05) is 0 Å². The molecule has 1 heterocycles. The predicted octanol–water partition coefficient (Wildman–Crippen LogP) is 2.86. The van der Waals surface area contributed by atoms with Gasteiger partial charge in [0.05, 0.1) is 4.92 Å². The first kappa shape index (κ1) is 22.1. The summed E-state index contributed by atoms with van der Waals surface area (Å²) < 4.78 is 10.5. The molecule has 10 heteroatoms. The van der Waals surface area contributed by atoms with Crippen LogP contribution in [0.5, 0.6) is 0 Å². The standard InChI is InChI=1S/C19H25N3O7/c1-12(16(23)20-13-7-5-8-14(11-13)22(26)27)28-17(24)15-9-6-10-21(15)18(25)29-19(2,3)4/h5,7-8,11-12,15H,6,9-10H2,1-4H3,(H,20,23)/t12-,15-/m0/s1. The lowest BCUT2D eigenvalue weighted by Crippen LogP contribution is -2.45. The summed E-state index contributed by atoms with van der Waals surface area (Å²) >= 11 is 0. The first-order chi connectivity index (χ1) is 13.5. The summed E-state index contributed by atoms with van der Waals surface area (Å²) in [4.78, 5) is 48.6. The van der Waals surface area contributed by atoms with E-state index in [2.05, 4.69) is 5.32 Å². The smallest absolute Gasteiger partial charge is 0.411 e. The van der Waals surface area contributed by atoms with E-state index in [9.17, 15) is 24.5 Å². The zero-order valence-electron chi connectivity index (χ0n) is 16.8. The third kappa shape index (κ3) is 6.16. The SMILES string of the molecule is C[C@H](OC(=O)[C@@H]1CCCN1C(=O)OC(C)(C)C)C(=O)Nc1cccc([N+](=O)[O-])c1. The number of anilines is 1. The quantitative estimate of drug-likeness (QED) is 0.451. The van der Waals surface area contributed by atoms with Crippen LogP contribution in [0.2, 0.25) is 0 Å². The maximum absolute atomic E-state index is 12.5. The van der Waals surface area contributed by atoms with Crippen molar-refractivity contribution in [1.29, 1.82) is 0 Å². The molecule has 0 aliphatic carbocycles. The van der Waals surface area contributed by atoms with Crippen LogP contribution < -0.4 is 5.32 Å². The molecule has 0 bridgehead atoms. The molecule has 0 spiro atoms. The zero-order chi connectivity index (χ0) is 21.8. The number of carbonyl (C=O) groups is 3. The second-order valence-corrected chi connectivity index (χ2v) is 7.71. The number of ether oxygens (including phenoxy) is 2. The molecule has 1 N–H and O–H groups in total. The van der Waals surface area contributed by atoms with Gasteiger partial charge in [-0.15, -0.1) is 0 Å². The van der Waals surface area contributed by atoms with Crippen LogP contribution in [0.4, 0.5) is 16.2 Å². The van der Waals surface area contributed by atoms with Crippen LogP contribution in [0.15, 0.2) is 24.3 Å². The summed E-state index contributed by atoms with van der Waals surface area (Å²) in [7, 11) is 0. The molecule has 0 saturated carbocycles. The van der Waals surface area contributed by atoms with Crippen molar-refractivity contribution in [2.45, 2.75) is 58.3 Å². The number of esters is 1. The second-order valence-electron chi connectivity index (χ2n) is 7.71. The van der Waals surface area contributed by atoms with Crippen molar-refractivity contribution in [3.63, 3.8) is 0 Å². The van der Waals surface area contributed by atoms with E-state index in [0.717, 1.165) is 0 Å². The summed E-state index contributed by atoms with van der Waals surface area (Å²) in [6, 6.07) is 4.60. The van der Waals surface area contributed by atoms with Gasteiger partial charge >= 0.3 is 12.1 Å². The molecule has 2 amide bonds. The summed E-state index contributed by atoms with van der Waals surface area (Å²) in [5.74, 6) is -1.34. The lowest BCUT2D eigenvalue weighted by Gasteiger charge is -2.28. The first-order valence-corrected chi connectivity index (χ1v) is 9.23. The molecule has 0 radical (unpaired) electrons. The van der Waals surface area contributed by atoms with Crippen LogP contribution in [0.3, 0.4) is 0 Å². The molecule has 1 aromatic rings. The third-order valence-electron chi connectivity index (χ3n) is 4.14. The highest BCUT2D eigenvalue weighted by Gasteiger charge is 2.38. The number of carbonyl (C=O) groups excluding carboxylic acids is 3. The molecule has 158 valence electrons. The Hall–Kier alpha value is -3.17. The Morgan fingerprint density at radius 2 is 2.00 bits per heavy atom. The largest absolute Gasteiger partial charge is 0.451 e. The highest BCUT2D eigenvalue weighted by Crippen LogP contribution is 2.23. The molecule has 10 nitrogen and oxygen atoms in total. The lowest BCUT2D eigenvalue weighted by molar-refractivity contribution is -0.384. The van der Waals surface area contributed by atoms with Gasteiger partial charge in [-0.25, -0.2) is 9.59 Å². The molecule has 1 aromatic carbocycles. The number of rotatable bonds is 5. The lowest BCUT2D eigenvalue weighted by atomic mass is 10.2. The molecule has 1 aliphatic heterocycles. The van der Waals surface area contributed by atoms with Gasteiger partial charge in [0, 0.05) is 24.4 Å². The van der Waals surface area contributed by atoms with Crippen molar-refractivity contribution in [2.75, 3.05) is 11.9 Å². The summed E-state index contributed by atoms with van der Waals surface area (Å²) in [5.41, 5.74) is -0.658. The Morgan fingerprint density at radius 1 is 1.31 bits per heavy atom. The van der Waals surface area contributed by atoms with Crippen molar-refractivity contribution in [1.82, 2.24) is 4.90 Å². The van der Waals surface area contributed by atoms with Gasteiger partial charge in [0.15, 0.2) is 6.10 Å². The van der Waals surface area contributed by atoms with Gasteiger partial charge in [-0.05, 0) is 46.6 Å². The number of likely N-dealkylation sites (tertiary alicyclic amines) is 1. The molecule has 1 saturated heterocycles. The van der Waals surface area contributed by atoms with E-state index in [-0.39, 0.29) is 11.4 Å². The Labute approximate surface area is 168 Å². The number of hydrogen-bond acceptors (Lipinski definition) is 7. The Morgan fingerprint density at radius 3 is 2.62 bits per heavy atom. The molecule has 29 heavy (non-hydrogen) atoms. The zero-order valence-corrected chi connectivity index (χ0v) is 16.8. The van der Waals surface area contributed by atoms with Crippen molar-refractivity contribution >= 4 is 29.3 Å². The maximum atomic E-state index is 12.5. The van der Waals surface area contributed by atoms with Crippen LogP contribution in [0.25, 0.3) is 0 Å². The van der Waals surface area contributed by atoms with Gasteiger partial charge in [0.2, 0.25) is 0 Å². The van der Waals surface area contributed by atoms with E-state index >= 15 is 0 Å². The van der Waals surface area contributed by atoms with Crippen LogP contribution in [-0.2, 0) is 19.1 Å². The highest BCUT2D eigenvalue weighted by atomic mass is 16.6. The summed E-state index contributed by atoms with van der Waals surface area (Å²) in [6.45, 7) is 6.94.